The third-order valence-corrected chi connectivity index (χ3v) is 8.38. The fourth-order valence-corrected chi connectivity index (χ4v) is 5.65. The second kappa shape index (κ2) is 16.0. The molecule has 0 spiro atoms. The molecule has 1 atom stereocenters. The van der Waals surface area contributed by atoms with Gasteiger partial charge in [-0.2, -0.15) is 13.2 Å². The van der Waals surface area contributed by atoms with Crippen LogP contribution in [0.15, 0.2) is 72.9 Å². The van der Waals surface area contributed by atoms with E-state index in [-0.39, 0.29) is 36.0 Å². The number of pyridine rings is 1. The van der Waals surface area contributed by atoms with Gasteiger partial charge in [0.05, 0.1) is 25.7 Å². The lowest BCUT2D eigenvalue weighted by Crippen LogP contribution is -2.38. The number of alkyl halides is 3. The first-order valence-corrected chi connectivity index (χ1v) is 16.1. The molecule has 2 N–H and O–H groups in total. The third kappa shape index (κ3) is 9.29. The smallest absolute Gasteiger partial charge is 0.416 e. The minimum absolute atomic E-state index is 0.0160. The van der Waals surface area contributed by atoms with Gasteiger partial charge < -0.3 is 29.7 Å². The molecule has 4 aromatic rings. The Bertz CT molecular complexity index is 1820. The predicted octanol–water partition coefficient (Wildman–Crippen LogP) is 6.90. The molecule has 0 radical (unpaired) electrons. The minimum Gasteiger partial charge on any atom is -0.497 e. The summed E-state index contributed by atoms with van der Waals surface area (Å²) in [6.45, 7) is 3.55. The van der Waals surface area contributed by atoms with E-state index in [1.165, 1.54) is 24.4 Å². The number of anilines is 1. The molecule has 264 valence electrons. The first-order chi connectivity index (χ1) is 23.9. The van der Waals surface area contributed by atoms with Gasteiger partial charge >= 0.3 is 6.18 Å². The second-order valence-electron chi connectivity index (χ2n) is 11.9. The number of carbonyl (C=O) groups excluding carboxylic acids is 2. The van der Waals surface area contributed by atoms with E-state index in [2.05, 4.69) is 20.5 Å². The maximum Gasteiger partial charge on any atom is 0.416 e. The van der Waals surface area contributed by atoms with Crippen LogP contribution in [0.5, 0.6) is 17.4 Å². The van der Waals surface area contributed by atoms with E-state index in [4.69, 9.17) is 14.2 Å². The highest BCUT2D eigenvalue weighted by atomic mass is 19.4. The fourth-order valence-electron chi connectivity index (χ4n) is 5.65. The van der Waals surface area contributed by atoms with Crippen LogP contribution in [0.2, 0.25) is 0 Å². The van der Waals surface area contributed by atoms with Crippen molar-refractivity contribution < 1.29 is 41.4 Å². The summed E-state index contributed by atoms with van der Waals surface area (Å²) >= 11 is 0. The molecule has 1 aromatic heterocycles. The van der Waals surface area contributed by atoms with E-state index in [1.807, 2.05) is 31.3 Å². The van der Waals surface area contributed by atoms with Crippen LogP contribution in [0.3, 0.4) is 0 Å². The van der Waals surface area contributed by atoms with E-state index in [0.717, 1.165) is 42.8 Å². The van der Waals surface area contributed by atoms with Crippen molar-refractivity contribution in [1.29, 1.82) is 0 Å². The zero-order valence-corrected chi connectivity index (χ0v) is 27.9. The monoisotopic (exact) mass is 694 g/mol. The van der Waals surface area contributed by atoms with Crippen LogP contribution in [0, 0.1) is 5.82 Å². The summed E-state index contributed by atoms with van der Waals surface area (Å²) in [6.07, 6.45) is -1.88. The van der Waals surface area contributed by atoms with Crippen LogP contribution in [-0.2, 0) is 24.0 Å². The Labute approximate surface area is 287 Å². The van der Waals surface area contributed by atoms with E-state index in [0.29, 0.717) is 29.4 Å². The number of aromatic nitrogens is 1. The summed E-state index contributed by atoms with van der Waals surface area (Å²) in [7, 11) is 3.51. The number of nitrogens with zero attached hydrogens (tertiary/aromatic N) is 2. The topological polar surface area (TPSA) is 102 Å². The first kappa shape index (κ1) is 36.1. The number of nitrogens with one attached hydrogen (secondary N) is 2. The van der Waals surface area contributed by atoms with E-state index >= 15 is 4.39 Å². The van der Waals surface area contributed by atoms with Crippen LogP contribution in [0.4, 0.5) is 23.2 Å². The number of likely N-dealkylation sites (N-methyl/N-ethyl adjacent to an activating group) is 1. The van der Waals surface area contributed by atoms with E-state index in [9.17, 15) is 22.8 Å². The molecule has 5 rings (SSSR count). The summed E-state index contributed by atoms with van der Waals surface area (Å²) in [4.78, 5) is 32.2. The second-order valence-corrected chi connectivity index (χ2v) is 11.9. The van der Waals surface area contributed by atoms with Crippen LogP contribution < -0.4 is 24.8 Å². The lowest BCUT2D eigenvalue weighted by Gasteiger charge is -2.20. The highest BCUT2D eigenvalue weighted by Crippen LogP contribution is 2.34. The molecule has 9 nitrogen and oxygen atoms in total. The molecule has 0 aliphatic carbocycles. The molecule has 0 saturated carbocycles. The van der Waals surface area contributed by atoms with Crippen LogP contribution in [-0.4, -0.2) is 61.6 Å². The van der Waals surface area contributed by atoms with Gasteiger partial charge in [-0.1, -0.05) is 24.3 Å². The van der Waals surface area contributed by atoms with Crippen molar-refractivity contribution in [1.82, 2.24) is 15.2 Å². The molecule has 1 aliphatic rings. The Morgan fingerprint density at radius 1 is 1.02 bits per heavy atom. The van der Waals surface area contributed by atoms with Gasteiger partial charge in [-0.05, 0) is 86.4 Å². The van der Waals surface area contributed by atoms with Crippen LogP contribution >= 0.6 is 0 Å². The van der Waals surface area contributed by atoms with Gasteiger partial charge in [-0.3, -0.25) is 9.59 Å². The normalized spacial score (nSPS) is 14.7. The number of benzene rings is 3. The maximum absolute atomic E-state index is 15.3. The molecule has 3 aromatic carbocycles. The van der Waals surface area contributed by atoms with Gasteiger partial charge in [0, 0.05) is 41.7 Å². The Morgan fingerprint density at radius 3 is 2.46 bits per heavy atom. The zero-order valence-electron chi connectivity index (χ0n) is 27.9. The molecule has 1 saturated heterocycles. The quantitative estimate of drug-likeness (QED) is 0.147. The Hall–Kier alpha value is -5.17. The Balaban J connectivity index is 1.26. The van der Waals surface area contributed by atoms with Crippen molar-refractivity contribution in [2.24, 2.45) is 0 Å². The van der Waals surface area contributed by atoms with Gasteiger partial charge in [0.2, 0.25) is 11.8 Å². The molecule has 1 aliphatic heterocycles. The number of likely N-dealkylation sites (tertiary alicyclic amines) is 1. The van der Waals surface area contributed by atoms with E-state index < -0.39 is 35.8 Å². The van der Waals surface area contributed by atoms with Crippen molar-refractivity contribution in [3.8, 4) is 28.5 Å². The maximum atomic E-state index is 15.3. The largest absolute Gasteiger partial charge is 0.497 e. The number of carbonyl (C=O) groups is 2. The standard InChI is InChI=1S/C37H38F4N4O5/c1-4-49-33-19-35(50-22-23-7-11-30(48-3)12-8-23)42-21-31(33)24-9-10-25(32(38)16-24)17-34(46)44-28-15-26(14-27(18-28)37(39,40)41)36(47)43-20-29-6-5-13-45(29)2/h7-12,14-16,18-19,21,29H,4-6,13,17,20,22H2,1-3H3,(H,43,47)(H,44,46)/t29-/m1/s1. The molecule has 13 heteroatoms. The molecule has 1 fully saturated rings. The summed E-state index contributed by atoms with van der Waals surface area (Å²) in [5, 5.41) is 5.09. The van der Waals surface area contributed by atoms with Crippen molar-refractivity contribution in [2.75, 3.05) is 39.2 Å². The van der Waals surface area contributed by atoms with Gasteiger partial charge in [0.25, 0.3) is 5.91 Å². The number of halogens is 4. The number of ether oxygens (including phenoxy) is 3. The number of rotatable bonds is 13. The van der Waals surface area contributed by atoms with Gasteiger partial charge in [0.15, 0.2) is 0 Å². The summed E-state index contributed by atoms with van der Waals surface area (Å²) < 4.78 is 73.3. The lowest BCUT2D eigenvalue weighted by atomic mass is 10.0. The van der Waals surface area contributed by atoms with Crippen LogP contribution in [0.25, 0.3) is 11.1 Å². The van der Waals surface area contributed by atoms with Crippen molar-refractivity contribution in [2.45, 2.75) is 45.0 Å². The van der Waals surface area contributed by atoms with Crippen molar-refractivity contribution in [3.05, 3.63) is 101 Å². The average Bonchev–Trinajstić information content (AvgIpc) is 3.51. The predicted molar refractivity (Wildman–Crippen MR) is 180 cm³/mol. The van der Waals surface area contributed by atoms with Crippen molar-refractivity contribution >= 4 is 17.5 Å². The van der Waals surface area contributed by atoms with Crippen LogP contribution in [0.1, 0.15) is 46.8 Å². The van der Waals surface area contributed by atoms with Gasteiger partial charge in [-0.25, -0.2) is 9.37 Å². The highest BCUT2D eigenvalue weighted by Gasteiger charge is 2.32. The van der Waals surface area contributed by atoms with Gasteiger partial charge in [-0.15, -0.1) is 0 Å². The number of methoxy groups -OCH3 is 1. The molecule has 2 amide bonds. The zero-order chi connectivity index (χ0) is 35.8. The molecule has 2 heterocycles. The first-order valence-electron chi connectivity index (χ1n) is 16.1. The van der Waals surface area contributed by atoms with Crippen molar-refractivity contribution in [3.63, 3.8) is 0 Å². The SMILES string of the molecule is CCOc1cc(OCc2ccc(OC)cc2)ncc1-c1ccc(CC(=O)Nc2cc(C(=O)NC[C@H]3CCCN3C)cc(C(F)(F)F)c2)c(F)c1. The lowest BCUT2D eigenvalue weighted by molar-refractivity contribution is -0.137. The number of hydrogen-bond donors (Lipinski definition) is 2. The fraction of sp³-hybridized carbons (Fsp3) is 0.324. The number of hydrogen-bond acceptors (Lipinski definition) is 7. The van der Waals surface area contributed by atoms with E-state index in [1.54, 1.807) is 26.2 Å². The molecule has 50 heavy (non-hydrogen) atoms. The Kier molecular flexibility index (Phi) is 11.6. The van der Waals surface area contributed by atoms with Gasteiger partial charge in [0.1, 0.15) is 23.9 Å². The highest BCUT2D eigenvalue weighted by molar-refractivity contribution is 5.98. The summed E-state index contributed by atoms with van der Waals surface area (Å²) in [5.74, 6) is -0.713. The minimum atomic E-state index is -4.76. The third-order valence-electron chi connectivity index (χ3n) is 8.38. The summed E-state index contributed by atoms with van der Waals surface area (Å²) in [6, 6.07) is 16.0. The molecule has 0 bridgehead atoms. The average molecular weight is 695 g/mol. The molecule has 0 unspecified atom stereocenters. The summed E-state index contributed by atoms with van der Waals surface area (Å²) in [5.41, 5.74) is 0.272. The molecular weight excluding hydrogens is 656 g/mol. The molecular formula is C37H38F4N4O5. The number of amides is 2. The Morgan fingerprint density at radius 2 is 1.80 bits per heavy atom.